The Morgan fingerprint density at radius 1 is 1.15 bits per heavy atom. The van der Waals surface area contributed by atoms with Gasteiger partial charge in [0.1, 0.15) is 6.10 Å². The summed E-state index contributed by atoms with van der Waals surface area (Å²) < 4.78 is 5.44. The minimum absolute atomic E-state index is 0.0426. The lowest BCUT2D eigenvalue weighted by molar-refractivity contribution is -0.168. The Morgan fingerprint density at radius 3 is 2.35 bits per heavy atom. The molecule has 0 amide bonds. The number of ketones is 1. The van der Waals surface area contributed by atoms with Gasteiger partial charge < -0.3 is 14.9 Å². The second-order valence-corrected chi connectivity index (χ2v) is 6.51. The Bertz CT molecular complexity index is 654. The van der Waals surface area contributed by atoms with Gasteiger partial charge in [-0.2, -0.15) is 0 Å². The number of esters is 1. The largest absolute Gasteiger partial charge is 0.481 e. The quantitative estimate of drug-likeness (QED) is 0.546. The monoisotopic (exact) mass is 360 g/mol. The average molecular weight is 360 g/mol. The summed E-state index contributed by atoms with van der Waals surface area (Å²) in [5, 5.41) is 19.4. The van der Waals surface area contributed by atoms with Gasteiger partial charge in [-0.3, -0.25) is 14.4 Å². The topological polar surface area (TPSA) is 101 Å². The molecule has 140 valence electrons. The van der Waals surface area contributed by atoms with Crippen molar-refractivity contribution in [3.63, 3.8) is 0 Å². The van der Waals surface area contributed by atoms with Gasteiger partial charge in [0.15, 0.2) is 6.10 Å². The molecule has 0 radical (unpaired) electrons. The smallest absolute Gasteiger partial charge is 0.310 e. The first-order valence-electron chi connectivity index (χ1n) is 8.76. The van der Waals surface area contributed by atoms with Crippen LogP contribution < -0.4 is 0 Å². The molecule has 0 aromatic heterocycles. The van der Waals surface area contributed by atoms with Crippen molar-refractivity contribution in [3.05, 3.63) is 48.6 Å². The van der Waals surface area contributed by atoms with E-state index in [2.05, 4.69) is 6.58 Å². The van der Waals surface area contributed by atoms with E-state index in [0.29, 0.717) is 18.4 Å². The van der Waals surface area contributed by atoms with Gasteiger partial charge in [0.2, 0.25) is 5.78 Å². The van der Waals surface area contributed by atoms with Crippen LogP contribution in [0.3, 0.4) is 0 Å². The van der Waals surface area contributed by atoms with Crippen LogP contribution >= 0.6 is 0 Å². The standard InChI is InChI=1S/C20H24O6/c1-2-8-16(21)17(22)18(13-9-4-3-5-10-13)26-20(25)15-12-7-6-11-14(15)19(23)24/h2-5,9-10,14-16,18,21H,1,6-8,11-12H2,(H,23,24). The Labute approximate surface area is 152 Å². The molecule has 6 nitrogen and oxygen atoms in total. The highest BCUT2D eigenvalue weighted by Gasteiger charge is 2.39. The number of carboxylic acids is 1. The fourth-order valence-electron chi connectivity index (χ4n) is 3.28. The zero-order valence-corrected chi connectivity index (χ0v) is 14.5. The normalized spacial score (nSPS) is 22.0. The molecule has 0 spiro atoms. The molecule has 0 saturated heterocycles. The summed E-state index contributed by atoms with van der Waals surface area (Å²) in [5.41, 5.74) is 0.441. The third-order valence-corrected chi connectivity index (χ3v) is 4.70. The summed E-state index contributed by atoms with van der Waals surface area (Å²) in [6.07, 6.45) is 1.17. The predicted octanol–water partition coefficient (Wildman–Crippen LogP) is 2.67. The lowest BCUT2D eigenvalue weighted by Crippen LogP contribution is -2.37. The van der Waals surface area contributed by atoms with Crippen LogP contribution in [0.4, 0.5) is 0 Å². The van der Waals surface area contributed by atoms with Crippen LogP contribution in [-0.2, 0) is 19.1 Å². The van der Waals surface area contributed by atoms with E-state index < -0.39 is 41.8 Å². The van der Waals surface area contributed by atoms with E-state index >= 15 is 0 Å². The molecule has 4 atom stereocenters. The number of rotatable bonds is 8. The molecule has 1 aliphatic carbocycles. The molecule has 1 aliphatic rings. The molecule has 0 heterocycles. The van der Waals surface area contributed by atoms with Gasteiger partial charge in [0.05, 0.1) is 11.8 Å². The van der Waals surface area contributed by atoms with Crippen LogP contribution in [0.2, 0.25) is 0 Å². The summed E-state index contributed by atoms with van der Waals surface area (Å²) in [5.74, 6) is -3.96. The maximum Gasteiger partial charge on any atom is 0.310 e. The first-order valence-corrected chi connectivity index (χ1v) is 8.76. The predicted molar refractivity (Wildman–Crippen MR) is 94.2 cm³/mol. The molecule has 1 fully saturated rings. The Morgan fingerprint density at radius 2 is 1.77 bits per heavy atom. The minimum atomic E-state index is -1.34. The molecule has 2 rings (SSSR count). The number of hydrogen-bond donors (Lipinski definition) is 2. The molecule has 1 aromatic rings. The van der Waals surface area contributed by atoms with E-state index in [9.17, 15) is 24.6 Å². The summed E-state index contributed by atoms with van der Waals surface area (Å²) in [6, 6.07) is 8.42. The second kappa shape index (κ2) is 9.29. The van der Waals surface area contributed by atoms with Crippen LogP contribution in [0.15, 0.2) is 43.0 Å². The van der Waals surface area contributed by atoms with Gasteiger partial charge in [-0.25, -0.2) is 0 Å². The Kier molecular flexibility index (Phi) is 7.09. The van der Waals surface area contributed by atoms with E-state index in [1.54, 1.807) is 30.3 Å². The number of ether oxygens (including phenoxy) is 1. The highest BCUT2D eigenvalue weighted by Crippen LogP contribution is 2.33. The van der Waals surface area contributed by atoms with Crippen molar-refractivity contribution in [2.45, 2.75) is 44.3 Å². The number of benzene rings is 1. The maximum absolute atomic E-state index is 12.6. The molecule has 1 saturated carbocycles. The van der Waals surface area contributed by atoms with Crippen molar-refractivity contribution in [1.29, 1.82) is 0 Å². The molecule has 0 bridgehead atoms. The van der Waals surface area contributed by atoms with Gasteiger partial charge in [-0.1, -0.05) is 49.2 Å². The van der Waals surface area contributed by atoms with E-state index in [1.165, 1.54) is 6.08 Å². The van der Waals surface area contributed by atoms with Crippen molar-refractivity contribution in [2.24, 2.45) is 11.8 Å². The van der Waals surface area contributed by atoms with Gasteiger partial charge in [-0.15, -0.1) is 6.58 Å². The fourth-order valence-corrected chi connectivity index (χ4v) is 3.28. The van der Waals surface area contributed by atoms with Crippen molar-refractivity contribution < 1.29 is 29.3 Å². The molecular formula is C20H24O6. The van der Waals surface area contributed by atoms with Gasteiger partial charge in [-0.05, 0) is 19.3 Å². The number of aliphatic hydroxyl groups is 1. The van der Waals surface area contributed by atoms with Crippen molar-refractivity contribution in [1.82, 2.24) is 0 Å². The number of aliphatic hydroxyl groups excluding tert-OH is 1. The van der Waals surface area contributed by atoms with Gasteiger partial charge >= 0.3 is 11.9 Å². The fraction of sp³-hybridized carbons (Fsp3) is 0.450. The zero-order valence-electron chi connectivity index (χ0n) is 14.5. The van der Waals surface area contributed by atoms with Crippen LogP contribution in [-0.4, -0.2) is 34.0 Å². The van der Waals surface area contributed by atoms with Crippen molar-refractivity contribution in [2.75, 3.05) is 0 Å². The molecule has 4 unspecified atom stereocenters. The molecule has 2 N–H and O–H groups in total. The number of carboxylic acid groups (broad SMARTS) is 1. The van der Waals surface area contributed by atoms with E-state index in [4.69, 9.17) is 4.74 Å². The average Bonchev–Trinajstić information content (AvgIpc) is 2.66. The first-order chi connectivity index (χ1) is 12.5. The minimum Gasteiger partial charge on any atom is -0.481 e. The summed E-state index contributed by atoms with van der Waals surface area (Å²) in [6.45, 7) is 3.49. The second-order valence-electron chi connectivity index (χ2n) is 6.51. The SMILES string of the molecule is C=CCC(O)C(=O)C(OC(=O)C1CCCCC1C(=O)O)c1ccccc1. The third kappa shape index (κ3) is 4.79. The summed E-state index contributed by atoms with van der Waals surface area (Å²) >= 11 is 0. The highest BCUT2D eigenvalue weighted by atomic mass is 16.5. The zero-order chi connectivity index (χ0) is 19.1. The Hall–Kier alpha value is -2.47. The summed E-state index contributed by atoms with van der Waals surface area (Å²) in [7, 11) is 0. The van der Waals surface area contributed by atoms with Crippen LogP contribution in [0.25, 0.3) is 0 Å². The maximum atomic E-state index is 12.6. The van der Waals surface area contributed by atoms with Gasteiger partial charge in [0, 0.05) is 5.56 Å². The van der Waals surface area contributed by atoms with Crippen molar-refractivity contribution in [3.8, 4) is 0 Å². The lowest BCUT2D eigenvalue weighted by atomic mass is 9.79. The number of aliphatic carboxylic acids is 1. The van der Waals surface area contributed by atoms with Crippen molar-refractivity contribution >= 4 is 17.7 Å². The lowest BCUT2D eigenvalue weighted by Gasteiger charge is -2.29. The Balaban J connectivity index is 2.22. The molecular weight excluding hydrogens is 336 g/mol. The van der Waals surface area contributed by atoms with E-state index in [-0.39, 0.29) is 6.42 Å². The molecule has 26 heavy (non-hydrogen) atoms. The summed E-state index contributed by atoms with van der Waals surface area (Å²) in [4.78, 5) is 36.6. The number of Topliss-reactive ketones (excluding diaryl/α,β-unsaturated/α-hetero) is 1. The van der Waals surface area contributed by atoms with Crippen LogP contribution in [0.1, 0.15) is 43.8 Å². The molecule has 6 heteroatoms. The number of carbonyl (C=O) groups excluding carboxylic acids is 2. The molecule has 1 aromatic carbocycles. The number of hydrogen-bond acceptors (Lipinski definition) is 5. The first kappa shape index (κ1) is 19.8. The van der Waals surface area contributed by atoms with Crippen LogP contribution in [0.5, 0.6) is 0 Å². The van der Waals surface area contributed by atoms with E-state index in [0.717, 1.165) is 12.8 Å². The van der Waals surface area contributed by atoms with Gasteiger partial charge in [0.25, 0.3) is 0 Å². The van der Waals surface area contributed by atoms with E-state index in [1.807, 2.05) is 0 Å². The molecule has 0 aliphatic heterocycles. The third-order valence-electron chi connectivity index (χ3n) is 4.70. The number of carbonyl (C=O) groups is 3. The highest BCUT2D eigenvalue weighted by molar-refractivity contribution is 5.91. The van der Waals surface area contributed by atoms with Crippen LogP contribution in [0, 0.1) is 11.8 Å².